The van der Waals surface area contributed by atoms with Gasteiger partial charge in [0.2, 0.25) is 0 Å². The van der Waals surface area contributed by atoms with Crippen molar-refractivity contribution in [3.63, 3.8) is 0 Å². The normalized spacial score (nSPS) is 13.5. The van der Waals surface area contributed by atoms with Gasteiger partial charge in [0.15, 0.2) is 5.75 Å². The van der Waals surface area contributed by atoms with Crippen LogP contribution in [0.25, 0.3) is 0 Å². The lowest BCUT2D eigenvalue weighted by Crippen LogP contribution is -2.31. The first kappa shape index (κ1) is 17.0. The Morgan fingerprint density at radius 1 is 1.35 bits per heavy atom. The molecule has 0 bridgehead atoms. The van der Waals surface area contributed by atoms with E-state index in [1.165, 1.54) is 11.7 Å². The molecule has 0 radical (unpaired) electrons. The molecule has 114 valence electrons. The molecule has 0 saturated carbocycles. The number of nitrogens with zero attached hydrogens (tertiary/aromatic N) is 1. The van der Waals surface area contributed by atoms with Gasteiger partial charge in [-0.15, -0.1) is 0 Å². The van der Waals surface area contributed by atoms with Crippen LogP contribution in [0.3, 0.4) is 0 Å². The van der Waals surface area contributed by atoms with Crippen molar-refractivity contribution in [2.45, 2.75) is 32.7 Å². The van der Waals surface area contributed by atoms with Crippen molar-refractivity contribution >= 4 is 7.60 Å². The second-order valence-electron chi connectivity index (χ2n) is 4.78. The Kier molecular flexibility index (Phi) is 5.99. The minimum atomic E-state index is -4.21. The Labute approximate surface area is 118 Å². The third-order valence-electron chi connectivity index (χ3n) is 3.53. The molecule has 6 nitrogen and oxygen atoms in total. The molecule has 7 heteroatoms. The molecule has 0 aromatic carbocycles. The van der Waals surface area contributed by atoms with E-state index in [0.717, 1.165) is 12.8 Å². The second-order valence-corrected chi connectivity index (χ2v) is 6.47. The van der Waals surface area contributed by atoms with Gasteiger partial charge < -0.3 is 19.1 Å². The molecular formula is C13H22NO5P. The molecule has 1 rings (SSSR count). The Bertz CT molecular complexity index is 532. The fraction of sp³-hybridized carbons (Fsp3) is 0.615. The van der Waals surface area contributed by atoms with Gasteiger partial charge in [0, 0.05) is 6.20 Å². The monoisotopic (exact) mass is 303 g/mol. The van der Waals surface area contributed by atoms with Crippen LogP contribution in [0.4, 0.5) is 0 Å². The maximum atomic E-state index is 12.2. The van der Waals surface area contributed by atoms with E-state index >= 15 is 0 Å². The van der Waals surface area contributed by atoms with Crippen molar-refractivity contribution in [3.8, 4) is 5.75 Å². The van der Waals surface area contributed by atoms with Gasteiger partial charge in [-0.05, 0) is 18.1 Å². The van der Waals surface area contributed by atoms with Crippen LogP contribution in [0, 0.1) is 5.92 Å². The second kappa shape index (κ2) is 7.07. The SMILES string of the molecule is CCC(CC)C(CP(=O)(O)O)n1cccc(OC)c1=O. The number of hydrogen-bond acceptors (Lipinski definition) is 3. The molecule has 0 aliphatic carbocycles. The van der Waals surface area contributed by atoms with Crippen LogP contribution in [0.2, 0.25) is 0 Å². The Morgan fingerprint density at radius 3 is 2.40 bits per heavy atom. The predicted octanol–water partition coefficient (Wildman–Crippen LogP) is 2.01. The van der Waals surface area contributed by atoms with E-state index in [4.69, 9.17) is 4.74 Å². The maximum absolute atomic E-state index is 12.2. The lowest BCUT2D eigenvalue weighted by molar-refractivity contribution is 0.295. The molecule has 1 aromatic heterocycles. The highest BCUT2D eigenvalue weighted by Crippen LogP contribution is 2.41. The van der Waals surface area contributed by atoms with Crippen molar-refractivity contribution in [2.75, 3.05) is 13.3 Å². The molecule has 20 heavy (non-hydrogen) atoms. The van der Waals surface area contributed by atoms with Gasteiger partial charge in [0.1, 0.15) is 0 Å². The van der Waals surface area contributed by atoms with Crippen LogP contribution in [0.15, 0.2) is 23.1 Å². The summed E-state index contributed by atoms with van der Waals surface area (Å²) < 4.78 is 17.7. The maximum Gasteiger partial charge on any atom is 0.327 e. The van der Waals surface area contributed by atoms with Crippen molar-refractivity contribution in [1.82, 2.24) is 4.57 Å². The fourth-order valence-corrected chi connectivity index (χ4v) is 3.41. The minimum absolute atomic E-state index is 0.0208. The molecule has 1 aromatic rings. The van der Waals surface area contributed by atoms with E-state index in [1.807, 2.05) is 13.8 Å². The van der Waals surface area contributed by atoms with Crippen LogP contribution in [0.5, 0.6) is 5.75 Å². The summed E-state index contributed by atoms with van der Waals surface area (Å²) in [6.07, 6.45) is 2.70. The molecule has 2 N–H and O–H groups in total. The third-order valence-corrected chi connectivity index (χ3v) is 4.38. The predicted molar refractivity (Wildman–Crippen MR) is 77.3 cm³/mol. The zero-order chi connectivity index (χ0) is 15.3. The molecule has 0 fully saturated rings. The lowest BCUT2D eigenvalue weighted by atomic mass is 9.95. The summed E-state index contributed by atoms with van der Waals surface area (Å²) in [5.74, 6) is 0.196. The molecule has 1 heterocycles. The van der Waals surface area contributed by atoms with Gasteiger partial charge in [-0.3, -0.25) is 9.36 Å². The number of pyridine rings is 1. The minimum Gasteiger partial charge on any atom is -0.491 e. The lowest BCUT2D eigenvalue weighted by Gasteiger charge is -2.27. The van der Waals surface area contributed by atoms with E-state index in [0.29, 0.717) is 0 Å². The molecule has 0 saturated heterocycles. The summed E-state index contributed by atoms with van der Waals surface area (Å²) in [4.78, 5) is 30.8. The van der Waals surface area contributed by atoms with E-state index in [9.17, 15) is 19.1 Å². The van der Waals surface area contributed by atoms with Crippen molar-refractivity contribution in [1.29, 1.82) is 0 Å². The third kappa shape index (κ3) is 4.20. The highest BCUT2D eigenvalue weighted by molar-refractivity contribution is 7.51. The van der Waals surface area contributed by atoms with E-state index in [1.54, 1.807) is 18.3 Å². The Hall–Kier alpha value is -1.10. The smallest absolute Gasteiger partial charge is 0.327 e. The summed E-state index contributed by atoms with van der Waals surface area (Å²) in [6.45, 7) is 3.90. The standard InChI is InChI=1S/C13H22NO5P/c1-4-10(5-2)11(9-20(16,17)18)14-8-6-7-12(19-3)13(14)15/h6-8,10-11H,4-5,9H2,1-3H3,(H2,16,17,18). The number of ether oxygens (including phenoxy) is 1. The topological polar surface area (TPSA) is 88.8 Å². The van der Waals surface area contributed by atoms with Crippen molar-refractivity contribution in [2.24, 2.45) is 5.92 Å². The molecule has 1 unspecified atom stereocenters. The van der Waals surface area contributed by atoms with Gasteiger partial charge in [-0.1, -0.05) is 26.7 Å². The zero-order valence-corrected chi connectivity index (χ0v) is 12.9. The van der Waals surface area contributed by atoms with Crippen LogP contribution < -0.4 is 10.3 Å². The quantitative estimate of drug-likeness (QED) is 0.752. The van der Waals surface area contributed by atoms with Gasteiger partial charge >= 0.3 is 7.60 Å². The van der Waals surface area contributed by atoms with E-state index < -0.39 is 13.6 Å². The fourth-order valence-electron chi connectivity index (χ4n) is 2.45. The molecular weight excluding hydrogens is 281 g/mol. The highest BCUT2D eigenvalue weighted by Gasteiger charge is 2.29. The first-order valence-corrected chi connectivity index (χ1v) is 8.43. The van der Waals surface area contributed by atoms with Gasteiger partial charge in [0.25, 0.3) is 5.56 Å². The number of hydrogen-bond donors (Lipinski definition) is 2. The average molecular weight is 303 g/mol. The number of aromatic nitrogens is 1. The highest BCUT2D eigenvalue weighted by atomic mass is 31.2. The Morgan fingerprint density at radius 2 is 1.95 bits per heavy atom. The van der Waals surface area contributed by atoms with E-state index in [-0.39, 0.29) is 23.4 Å². The number of methoxy groups -OCH3 is 1. The summed E-state index contributed by atoms with van der Waals surface area (Å²) in [5, 5.41) is 0. The summed E-state index contributed by atoms with van der Waals surface area (Å²) >= 11 is 0. The molecule has 0 amide bonds. The first-order chi connectivity index (χ1) is 9.34. The first-order valence-electron chi connectivity index (χ1n) is 6.63. The van der Waals surface area contributed by atoms with Crippen LogP contribution in [-0.4, -0.2) is 27.6 Å². The molecule has 0 spiro atoms. The largest absolute Gasteiger partial charge is 0.491 e. The molecule has 0 aliphatic heterocycles. The van der Waals surface area contributed by atoms with Gasteiger partial charge in [-0.2, -0.15) is 0 Å². The molecule has 0 aliphatic rings. The van der Waals surface area contributed by atoms with Crippen molar-refractivity contribution in [3.05, 3.63) is 28.7 Å². The van der Waals surface area contributed by atoms with Crippen LogP contribution >= 0.6 is 7.60 Å². The zero-order valence-electron chi connectivity index (χ0n) is 12.0. The van der Waals surface area contributed by atoms with Crippen LogP contribution in [-0.2, 0) is 4.57 Å². The summed E-state index contributed by atoms with van der Waals surface area (Å²) in [7, 11) is -2.81. The summed E-state index contributed by atoms with van der Waals surface area (Å²) in [6, 6.07) is 2.66. The Balaban J connectivity index is 3.30. The number of rotatable bonds is 7. The average Bonchev–Trinajstić information content (AvgIpc) is 2.38. The van der Waals surface area contributed by atoms with Gasteiger partial charge in [-0.25, -0.2) is 0 Å². The summed E-state index contributed by atoms with van der Waals surface area (Å²) in [5.41, 5.74) is -0.361. The van der Waals surface area contributed by atoms with Crippen molar-refractivity contribution < 1.29 is 19.1 Å². The van der Waals surface area contributed by atoms with Crippen LogP contribution in [0.1, 0.15) is 32.7 Å². The molecule has 1 atom stereocenters. The van der Waals surface area contributed by atoms with E-state index in [2.05, 4.69) is 0 Å². The van der Waals surface area contributed by atoms with Gasteiger partial charge in [0.05, 0.1) is 19.3 Å².